The average molecular weight is 345 g/mol. The van der Waals surface area contributed by atoms with E-state index in [1.54, 1.807) is 13.3 Å². The Hall–Kier alpha value is -1.91. The number of hydrogen-bond donors (Lipinski definition) is 0. The van der Waals surface area contributed by atoms with Crippen LogP contribution in [0, 0.1) is 5.92 Å². The normalized spacial score (nSPS) is 19.1. The van der Waals surface area contributed by atoms with Crippen LogP contribution in [-0.2, 0) is 16.1 Å². The molecule has 1 amide bonds. The second-order valence-electron chi connectivity index (χ2n) is 6.08. The second kappa shape index (κ2) is 7.77. The third-order valence-corrected chi connectivity index (χ3v) is 4.58. The Kier molecular flexibility index (Phi) is 5.48. The Labute approximate surface area is 147 Å². The van der Waals surface area contributed by atoms with E-state index in [-0.39, 0.29) is 17.7 Å². The average Bonchev–Trinajstić information content (AvgIpc) is 3.39. The zero-order chi connectivity index (χ0) is 16.9. The third kappa shape index (κ3) is 4.13. The van der Waals surface area contributed by atoms with Gasteiger partial charge in [-0.25, -0.2) is 0 Å². The molecule has 1 aliphatic carbocycles. The van der Waals surface area contributed by atoms with Crippen LogP contribution in [0.3, 0.4) is 0 Å². The van der Waals surface area contributed by atoms with Crippen LogP contribution >= 0.6 is 11.6 Å². The quantitative estimate of drug-likeness (QED) is 0.771. The molecule has 0 aliphatic heterocycles. The Morgan fingerprint density at radius 1 is 1.33 bits per heavy atom. The summed E-state index contributed by atoms with van der Waals surface area (Å²) in [6.45, 7) is 1.61. The third-order valence-electron chi connectivity index (χ3n) is 4.34. The molecule has 5 heteroatoms. The number of methoxy groups -OCH3 is 1. The van der Waals surface area contributed by atoms with Crippen LogP contribution in [0.25, 0.3) is 0 Å². The van der Waals surface area contributed by atoms with Gasteiger partial charge in [0.2, 0.25) is 5.91 Å². The number of amides is 1. The van der Waals surface area contributed by atoms with Crippen molar-refractivity contribution in [3.8, 4) is 0 Å². The molecule has 0 saturated heterocycles. The molecular formula is C19H21ClN2O2. The van der Waals surface area contributed by atoms with E-state index < -0.39 is 0 Å². The van der Waals surface area contributed by atoms with Gasteiger partial charge in [-0.3, -0.25) is 9.78 Å². The standard InChI is InChI=1S/C19H21ClN2O2/c1-24-10-9-22(13-16-7-2-3-8-21-16)19(23)18-12-17(18)14-5-4-6-15(20)11-14/h2-8,11,17-18H,9-10,12-13H2,1H3/t17-,18-/m0/s1. The summed E-state index contributed by atoms with van der Waals surface area (Å²) in [6.07, 6.45) is 2.63. The van der Waals surface area contributed by atoms with Crippen LogP contribution in [0.5, 0.6) is 0 Å². The lowest BCUT2D eigenvalue weighted by molar-refractivity contribution is -0.134. The lowest BCUT2D eigenvalue weighted by Gasteiger charge is -2.22. The molecule has 24 heavy (non-hydrogen) atoms. The Balaban J connectivity index is 1.68. The van der Waals surface area contributed by atoms with Gasteiger partial charge in [-0.1, -0.05) is 29.8 Å². The Bertz CT molecular complexity index is 693. The van der Waals surface area contributed by atoms with Gasteiger partial charge in [0.15, 0.2) is 0 Å². The van der Waals surface area contributed by atoms with Crippen molar-refractivity contribution in [1.82, 2.24) is 9.88 Å². The van der Waals surface area contributed by atoms with Crippen molar-refractivity contribution >= 4 is 17.5 Å². The number of rotatable bonds is 7. The van der Waals surface area contributed by atoms with Crippen molar-refractivity contribution in [2.45, 2.75) is 18.9 Å². The summed E-state index contributed by atoms with van der Waals surface area (Å²) >= 11 is 6.06. The fourth-order valence-electron chi connectivity index (χ4n) is 2.96. The van der Waals surface area contributed by atoms with Crippen molar-refractivity contribution in [3.63, 3.8) is 0 Å². The van der Waals surface area contributed by atoms with Crippen LogP contribution in [0.1, 0.15) is 23.6 Å². The second-order valence-corrected chi connectivity index (χ2v) is 6.51. The summed E-state index contributed by atoms with van der Waals surface area (Å²) < 4.78 is 5.16. The van der Waals surface area contributed by atoms with E-state index in [2.05, 4.69) is 4.98 Å². The highest BCUT2D eigenvalue weighted by Crippen LogP contribution is 2.48. The summed E-state index contributed by atoms with van der Waals surface area (Å²) in [5, 5.41) is 0.718. The van der Waals surface area contributed by atoms with E-state index in [1.165, 1.54) is 0 Å². The number of pyridine rings is 1. The van der Waals surface area contributed by atoms with Crippen molar-refractivity contribution in [2.24, 2.45) is 5.92 Å². The first-order chi connectivity index (χ1) is 11.7. The zero-order valence-corrected chi connectivity index (χ0v) is 14.4. The van der Waals surface area contributed by atoms with E-state index in [0.29, 0.717) is 19.7 Å². The number of nitrogens with zero attached hydrogens (tertiary/aromatic N) is 2. The molecule has 0 unspecified atom stereocenters. The van der Waals surface area contributed by atoms with Gasteiger partial charge in [0, 0.05) is 30.8 Å². The summed E-state index contributed by atoms with van der Waals surface area (Å²) in [4.78, 5) is 19.1. The maximum absolute atomic E-state index is 12.9. The van der Waals surface area contributed by atoms with Gasteiger partial charge in [-0.2, -0.15) is 0 Å². The number of hydrogen-bond acceptors (Lipinski definition) is 3. The minimum atomic E-state index is 0.0315. The predicted molar refractivity (Wildman–Crippen MR) is 93.8 cm³/mol. The first-order valence-electron chi connectivity index (χ1n) is 8.12. The zero-order valence-electron chi connectivity index (χ0n) is 13.7. The van der Waals surface area contributed by atoms with Gasteiger partial charge >= 0.3 is 0 Å². The fraction of sp³-hybridized carbons (Fsp3) is 0.368. The Morgan fingerprint density at radius 3 is 2.92 bits per heavy atom. The van der Waals surface area contributed by atoms with Crippen molar-refractivity contribution in [3.05, 3.63) is 64.9 Å². The van der Waals surface area contributed by atoms with Gasteiger partial charge in [0.05, 0.1) is 18.8 Å². The minimum absolute atomic E-state index is 0.0315. The molecule has 0 N–H and O–H groups in total. The van der Waals surface area contributed by atoms with E-state index in [4.69, 9.17) is 16.3 Å². The molecule has 1 aliphatic rings. The number of carbonyl (C=O) groups is 1. The molecule has 126 valence electrons. The summed E-state index contributed by atoms with van der Waals surface area (Å²) in [5.41, 5.74) is 2.03. The SMILES string of the molecule is COCCN(Cc1ccccn1)C(=O)[C@H]1C[C@H]1c1cccc(Cl)c1. The summed E-state index contributed by atoms with van der Waals surface area (Å²) in [7, 11) is 1.65. The van der Waals surface area contributed by atoms with Crippen LogP contribution in [0.15, 0.2) is 48.7 Å². The van der Waals surface area contributed by atoms with Crippen LogP contribution in [0.4, 0.5) is 0 Å². The number of ether oxygens (including phenoxy) is 1. The molecule has 2 atom stereocenters. The fourth-order valence-corrected chi connectivity index (χ4v) is 3.16. The number of carbonyl (C=O) groups excluding carboxylic acids is 1. The molecule has 2 aromatic rings. The van der Waals surface area contributed by atoms with Crippen molar-refractivity contribution in [1.29, 1.82) is 0 Å². The molecule has 1 heterocycles. The van der Waals surface area contributed by atoms with Gasteiger partial charge in [-0.15, -0.1) is 0 Å². The van der Waals surface area contributed by atoms with Crippen molar-refractivity contribution in [2.75, 3.05) is 20.3 Å². The van der Waals surface area contributed by atoms with Gasteiger partial charge in [-0.05, 0) is 42.2 Å². The first-order valence-corrected chi connectivity index (χ1v) is 8.50. The predicted octanol–water partition coefficient (Wildman–Crippen LogP) is 3.51. The van der Waals surface area contributed by atoms with Crippen LogP contribution < -0.4 is 0 Å². The summed E-state index contributed by atoms with van der Waals surface area (Å²) in [6, 6.07) is 13.5. The molecule has 1 aromatic carbocycles. The van der Waals surface area contributed by atoms with Gasteiger partial charge in [0.25, 0.3) is 0 Å². The smallest absolute Gasteiger partial charge is 0.226 e. The molecular weight excluding hydrogens is 324 g/mol. The molecule has 4 nitrogen and oxygen atoms in total. The number of benzene rings is 1. The monoisotopic (exact) mass is 344 g/mol. The molecule has 3 rings (SSSR count). The van der Waals surface area contributed by atoms with E-state index in [9.17, 15) is 4.79 Å². The topological polar surface area (TPSA) is 42.4 Å². The number of aromatic nitrogens is 1. The van der Waals surface area contributed by atoms with Crippen LogP contribution in [-0.4, -0.2) is 36.1 Å². The lowest BCUT2D eigenvalue weighted by Crippen LogP contribution is -2.35. The van der Waals surface area contributed by atoms with E-state index in [0.717, 1.165) is 22.7 Å². The maximum Gasteiger partial charge on any atom is 0.226 e. The highest BCUT2D eigenvalue weighted by atomic mass is 35.5. The first kappa shape index (κ1) is 16.9. The van der Waals surface area contributed by atoms with E-state index >= 15 is 0 Å². The molecule has 1 aromatic heterocycles. The van der Waals surface area contributed by atoms with Gasteiger partial charge < -0.3 is 9.64 Å². The lowest BCUT2D eigenvalue weighted by atomic mass is 10.1. The maximum atomic E-state index is 12.9. The molecule has 0 bridgehead atoms. The highest BCUT2D eigenvalue weighted by Gasteiger charge is 2.45. The minimum Gasteiger partial charge on any atom is -0.383 e. The summed E-state index contributed by atoms with van der Waals surface area (Å²) in [5.74, 6) is 0.469. The van der Waals surface area contributed by atoms with Crippen molar-refractivity contribution < 1.29 is 9.53 Å². The Morgan fingerprint density at radius 2 is 2.21 bits per heavy atom. The molecule has 0 spiro atoms. The van der Waals surface area contributed by atoms with Crippen LogP contribution in [0.2, 0.25) is 5.02 Å². The van der Waals surface area contributed by atoms with E-state index in [1.807, 2.05) is 47.4 Å². The molecule has 0 radical (unpaired) electrons. The molecule has 1 fully saturated rings. The molecule has 1 saturated carbocycles. The highest BCUT2D eigenvalue weighted by molar-refractivity contribution is 6.30. The van der Waals surface area contributed by atoms with Gasteiger partial charge in [0.1, 0.15) is 0 Å². The largest absolute Gasteiger partial charge is 0.383 e. The number of halogens is 1.